The van der Waals surface area contributed by atoms with E-state index in [1.54, 1.807) is 0 Å². The van der Waals surface area contributed by atoms with Gasteiger partial charge in [0, 0.05) is 18.3 Å². The van der Waals surface area contributed by atoms with E-state index in [-0.39, 0.29) is 0 Å². The Morgan fingerprint density at radius 1 is 1.25 bits per heavy atom. The van der Waals surface area contributed by atoms with Crippen molar-refractivity contribution in [3.63, 3.8) is 0 Å². The molecule has 0 amide bonds. The van der Waals surface area contributed by atoms with Crippen LogP contribution in [0.3, 0.4) is 0 Å². The molecule has 0 aliphatic rings. The summed E-state index contributed by atoms with van der Waals surface area (Å²) in [7, 11) is 0. The summed E-state index contributed by atoms with van der Waals surface area (Å²) in [5, 5.41) is 0. The highest BCUT2D eigenvalue weighted by atomic mass is 35.5. The standard InChI is InChI=1S/C10H12ClN/c11-7-3-1-2-4-10-5-8-12-9-6-10/h1-2,5-6,8-9H,3-4,7H2. The molecule has 1 aromatic rings. The molecule has 0 aliphatic carbocycles. The van der Waals surface area contributed by atoms with Crippen LogP contribution in [0.4, 0.5) is 0 Å². The molecule has 1 aromatic heterocycles. The quantitative estimate of drug-likeness (QED) is 0.514. The second-order valence-electron chi connectivity index (χ2n) is 2.51. The van der Waals surface area contributed by atoms with E-state index < -0.39 is 0 Å². The van der Waals surface area contributed by atoms with Crippen LogP contribution < -0.4 is 0 Å². The molecule has 1 heterocycles. The predicted molar refractivity (Wildman–Crippen MR) is 52.4 cm³/mol. The van der Waals surface area contributed by atoms with Gasteiger partial charge in [-0.3, -0.25) is 4.98 Å². The van der Waals surface area contributed by atoms with Crippen LogP contribution in [-0.2, 0) is 6.42 Å². The van der Waals surface area contributed by atoms with Crippen LogP contribution in [0.25, 0.3) is 0 Å². The number of rotatable bonds is 4. The molecule has 0 aliphatic heterocycles. The van der Waals surface area contributed by atoms with Crippen molar-refractivity contribution < 1.29 is 0 Å². The van der Waals surface area contributed by atoms with E-state index in [1.165, 1.54) is 5.56 Å². The maximum Gasteiger partial charge on any atom is 0.0270 e. The van der Waals surface area contributed by atoms with E-state index in [1.807, 2.05) is 24.5 Å². The monoisotopic (exact) mass is 181 g/mol. The van der Waals surface area contributed by atoms with Crippen molar-refractivity contribution in [2.75, 3.05) is 5.88 Å². The lowest BCUT2D eigenvalue weighted by Crippen LogP contribution is -1.80. The van der Waals surface area contributed by atoms with E-state index in [9.17, 15) is 0 Å². The van der Waals surface area contributed by atoms with Gasteiger partial charge in [0.15, 0.2) is 0 Å². The number of nitrogens with zero attached hydrogens (tertiary/aromatic N) is 1. The van der Waals surface area contributed by atoms with E-state index in [4.69, 9.17) is 11.6 Å². The molecule has 0 N–H and O–H groups in total. The van der Waals surface area contributed by atoms with Crippen LogP contribution in [0, 0.1) is 0 Å². The summed E-state index contributed by atoms with van der Waals surface area (Å²) < 4.78 is 0. The Balaban J connectivity index is 2.33. The molecule has 0 bridgehead atoms. The Labute approximate surface area is 78.1 Å². The van der Waals surface area contributed by atoms with Crippen molar-refractivity contribution in [3.8, 4) is 0 Å². The van der Waals surface area contributed by atoms with Crippen molar-refractivity contribution in [1.82, 2.24) is 4.98 Å². The van der Waals surface area contributed by atoms with Gasteiger partial charge in [-0.15, -0.1) is 11.6 Å². The third kappa shape index (κ3) is 3.54. The van der Waals surface area contributed by atoms with Gasteiger partial charge in [0.1, 0.15) is 0 Å². The SMILES string of the molecule is ClCCC=CCc1ccncc1. The minimum Gasteiger partial charge on any atom is -0.265 e. The van der Waals surface area contributed by atoms with E-state index in [0.717, 1.165) is 12.8 Å². The lowest BCUT2D eigenvalue weighted by Gasteiger charge is -1.92. The highest BCUT2D eigenvalue weighted by Crippen LogP contribution is 1.98. The Hall–Kier alpha value is -0.820. The maximum absolute atomic E-state index is 5.52. The predicted octanol–water partition coefficient (Wildman–Crippen LogP) is 2.81. The third-order valence-corrected chi connectivity index (χ3v) is 1.76. The van der Waals surface area contributed by atoms with Gasteiger partial charge in [0.05, 0.1) is 0 Å². The normalized spacial score (nSPS) is 10.8. The van der Waals surface area contributed by atoms with Crippen molar-refractivity contribution in [2.24, 2.45) is 0 Å². The highest BCUT2D eigenvalue weighted by Gasteiger charge is 1.85. The van der Waals surface area contributed by atoms with E-state index in [2.05, 4.69) is 17.1 Å². The molecule has 0 radical (unpaired) electrons. The number of allylic oxidation sites excluding steroid dienone is 2. The zero-order chi connectivity index (χ0) is 8.65. The molecule has 0 saturated heterocycles. The molecule has 0 fully saturated rings. The highest BCUT2D eigenvalue weighted by molar-refractivity contribution is 6.17. The third-order valence-electron chi connectivity index (χ3n) is 1.55. The zero-order valence-electron chi connectivity index (χ0n) is 6.91. The van der Waals surface area contributed by atoms with Crippen LogP contribution in [0.15, 0.2) is 36.7 Å². The fourth-order valence-corrected chi connectivity index (χ4v) is 1.05. The lowest BCUT2D eigenvalue weighted by atomic mass is 10.2. The Morgan fingerprint density at radius 2 is 2.00 bits per heavy atom. The van der Waals surface area contributed by atoms with E-state index in [0.29, 0.717) is 5.88 Å². The van der Waals surface area contributed by atoms with Gasteiger partial charge in [0.2, 0.25) is 0 Å². The number of halogens is 1. The summed E-state index contributed by atoms with van der Waals surface area (Å²) in [6, 6.07) is 4.04. The Kier molecular flexibility index (Phi) is 4.47. The number of pyridine rings is 1. The summed E-state index contributed by atoms with van der Waals surface area (Å²) >= 11 is 5.52. The van der Waals surface area contributed by atoms with Gasteiger partial charge < -0.3 is 0 Å². The van der Waals surface area contributed by atoms with Gasteiger partial charge in [-0.2, -0.15) is 0 Å². The zero-order valence-corrected chi connectivity index (χ0v) is 7.67. The fraction of sp³-hybridized carbons (Fsp3) is 0.300. The summed E-state index contributed by atoms with van der Waals surface area (Å²) in [5.41, 5.74) is 1.29. The van der Waals surface area contributed by atoms with E-state index >= 15 is 0 Å². The van der Waals surface area contributed by atoms with Crippen LogP contribution in [0.2, 0.25) is 0 Å². The minimum atomic E-state index is 0.701. The molecule has 12 heavy (non-hydrogen) atoms. The first-order chi connectivity index (χ1) is 5.93. The first kappa shape index (κ1) is 9.27. The first-order valence-electron chi connectivity index (χ1n) is 4.03. The Morgan fingerprint density at radius 3 is 2.67 bits per heavy atom. The van der Waals surface area contributed by atoms with Crippen molar-refractivity contribution in [2.45, 2.75) is 12.8 Å². The summed E-state index contributed by atoms with van der Waals surface area (Å²) in [4.78, 5) is 3.94. The van der Waals surface area contributed by atoms with Crippen molar-refractivity contribution in [3.05, 3.63) is 42.2 Å². The molecule has 1 rings (SSSR count). The average Bonchev–Trinajstić information content (AvgIpc) is 2.14. The van der Waals surface area contributed by atoms with Crippen LogP contribution in [0.1, 0.15) is 12.0 Å². The van der Waals surface area contributed by atoms with Crippen LogP contribution in [-0.4, -0.2) is 10.9 Å². The molecular formula is C10H12ClN. The van der Waals surface area contributed by atoms with Gasteiger partial charge in [-0.05, 0) is 30.5 Å². The van der Waals surface area contributed by atoms with Gasteiger partial charge >= 0.3 is 0 Å². The van der Waals surface area contributed by atoms with Crippen LogP contribution >= 0.6 is 11.6 Å². The van der Waals surface area contributed by atoms with Crippen LogP contribution in [0.5, 0.6) is 0 Å². The molecule has 0 aromatic carbocycles. The summed E-state index contributed by atoms with van der Waals surface area (Å²) in [6.45, 7) is 0. The second-order valence-corrected chi connectivity index (χ2v) is 2.89. The summed E-state index contributed by atoms with van der Waals surface area (Å²) in [6.07, 6.45) is 9.78. The molecule has 0 unspecified atom stereocenters. The number of alkyl halides is 1. The second kappa shape index (κ2) is 5.78. The average molecular weight is 182 g/mol. The molecule has 1 nitrogen and oxygen atoms in total. The molecule has 64 valence electrons. The number of hydrogen-bond acceptors (Lipinski definition) is 1. The van der Waals surface area contributed by atoms with Gasteiger partial charge in [-0.25, -0.2) is 0 Å². The molecular weight excluding hydrogens is 170 g/mol. The summed E-state index contributed by atoms with van der Waals surface area (Å²) in [5.74, 6) is 0.701. The maximum atomic E-state index is 5.52. The van der Waals surface area contributed by atoms with Gasteiger partial charge in [-0.1, -0.05) is 12.2 Å². The van der Waals surface area contributed by atoms with Gasteiger partial charge in [0.25, 0.3) is 0 Å². The molecule has 2 heteroatoms. The Bertz CT molecular complexity index is 231. The van der Waals surface area contributed by atoms with Crippen molar-refractivity contribution >= 4 is 11.6 Å². The largest absolute Gasteiger partial charge is 0.265 e. The minimum absolute atomic E-state index is 0.701. The lowest BCUT2D eigenvalue weighted by molar-refractivity contribution is 1.17. The molecule has 0 saturated carbocycles. The number of hydrogen-bond donors (Lipinski definition) is 0. The molecule has 0 atom stereocenters. The van der Waals surface area contributed by atoms with Crippen molar-refractivity contribution in [1.29, 1.82) is 0 Å². The smallest absolute Gasteiger partial charge is 0.0270 e. The topological polar surface area (TPSA) is 12.9 Å². The molecule has 0 spiro atoms. The number of aromatic nitrogens is 1. The first-order valence-corrected chi connectivity index (χ1v) is 4.57. The fourth-order valence-electron chi connectivity index (χ4n) is 0.919.